The Labute approximate surface area is 119 Å². The summed E-state index contributed by atoms with van der Waals surface area (Å²) in [5.41, 5.74) is 1.16. The SMILES string of the molecule is O=C(c1cc2ccccc2[nH]1)N1CCCC(C(F)(F)F)C1. The number of halogens is 3. The van der Waals surface area contributed by atoms with Gasteiger partial charge in [-0.3, -0.25) is 4.79 Å². The first-order chi connectivity index (χ1) is 9.95. The van der Waals surface area contributed by atoms with Gasteiger partial charge in [-0.25, -0.2) is 0 Å². The fraction of sp³-hybridized carbons (Fsp3) is 0.400. The van der Waals surface area contributed by atoms with E-state index in [2.05, 4.69) is 4.98 Å². The van der Waals surface area contributed by atoms with Gasteiger partial charge in [0.2, 0.25) is 0 Å². The molecule has 0 saturated carbocycles. The van der Waals surface area contributed by atoms with Crippen molar-refractivity contribution < 1.29 is 18.0 Å². The molecule has 1 fully saturated rings. The number of nitrogens with one attached hydrogen (secondary N) is 1. The minimum atomic E-state index is -4.24. The van der Waals surface area contributed by atoms with Crippen LogP contribution in [0.1, 0.15) is 23.3 Å². The summed E-state index contributed by atoms with van der Waals surface area (Å²) in [5.74, 6) is -1.78. The monoisotopic (exact) mass is 296 g/mol. The number of H-pyrrole nitrogens is 1. The molecule has 1 unspecified atom stereocenters. The van der Waals surface area contributed by atoms with Crippen molar-refractivity contribution >= 4 is 16.8 Å². The van der Waals surface area contributed by atoms with Crippen molar-refractivity contribution in [3.8, 4) is 0 Å². The number of fused-ring (bicyclic) bond motifs is 1. The number of piperidine rings is 1. The van der Waals surface area contributed by atoms with Gasteiger partial charge in [0.1, 0.15) is 5.69 Å². The summed E-state index contributed by atoms with van der Waals surface area (Å²) in [6.45, 7) is 0.123. The quantitative estimate of drug-likeness (QED) is 0.858. The summed E-state index contributed by atoms with van der Waals surface area (Å²) in [4.78, 5) is 16.6. The molecule has 112 valence electrons. The van der Waals surface area contributed by atoms with Crippen LogP contribution in [-0.2, 0) is 0 Å². The number of likely N-dealkylation sites (tertiary alicyclic amines) is 1. The number of aromatic amines is 1. The van der Waals surface area contributed by atoms with Gasteiger partial charge >= 0.3 is 6.18 Å². The van der Waals surface area contributed by atoms with Crippen LogP contribution in [0.2, 0.25) is 0 Å². The van der Waals surface area contributed by atoms with Gasteiger partial charge in [0.05, 0.1) is 5.92 Å². The predicted molar refractivity (Wildman–Crippen MR) is 73.0 cm³/mol. The Morgan fingerprint density at radius 1 is 1.29 bits per heavy atom. The van der Waals surface area contributed by atoms with Crippen molar-refractivity contribution in [1.82, 2.24) is 9.88 Å². The number of alkyl halides is 3. The Morgan fingerprint density at radius 2 is 2.05 bits per heavy atom. The normalized spacial score (nSPS) is 20.0. The maximum Gasteiger partial charge on any atom is 0.393 e. The summed E-state index contributed by atoms with van der Waals surface area (Å²) in [7, 11) is 0. The molecule has 2 aromatic rings. The van der Waals surface area contributed by atoms with Crippen LogP contribution < -0.4 is 0 Å². The average Bonchev–Trinajstić information content (AvgIpc) is 2.89. The van der Waals surface area contributed by atoms with Crippen LogP contribution in [0.5, 0.6) is 0 Å². The third kappa shape index (κ3) is 2.75. The van der Waals surface area contributed by atoms with Gasteiger partial charge in [-0.05, 0) is 25.0 Å². The maximum atomic E-state index is 12.8. The zero-order valence-corrected chi connectivity index (χ0v) is 11.3. The van der Waals surface area contributed by atoms with E-state index >= 15 is 0 Å². The summed E-state index contributed by atoms with van der Waals surface area (Å²) in [6, 6.07) is 9.08. The fourth-order valence-corrected chi connectivity index (χ4v) is 2.79. The number of benzene rings is 1. The number of hydrogen-bond donors (Lipinski definition) is 1. The highest BCUT2D eigenvalue weighted by molar-refractivity contribution is 5.98. The van der Waals surface area contributed by atoms with Crippen LogP contribution in [-0.4, -0.2) is 35.1 Å². The fourth-order valence-electron chi connectivity index (χ4n) is 2.79. The molecule has 0 radical (unpaired) electrons. The minimum Gasteiger partial charge on any atom is -0.351 e. The molecule has 21 heavy (non-hydrogen) atoms. The highest BCUT2D eigenvalue weighted by Gasteiger charge is 2.42. The molecule has 1 amide bonds. The van der Waals surface area contributed by atoms with E-state index in [9.17, 15) is 18.0 Å². The smallest absolute Gasteiger partial charge is 0.351 e. The van der Waals surface area contributed by atoms with Crippen LogP contribution in [0, 0.1) is 5.92 Å². The number of hydrogen-bond acceptors (Lipinski definition) is 1. The highest BCUT2D eigenvalue weighted by atomic mass is 19.4. The zero-order valence-electron chi connectivity index (χ0n) is 11.3. The number of aromatic nitrogens is 1. The second-order valence-electron chi connectivity index (χ2n) is 5.40. The predicted octanol–water partition coefficient (Wildman–Crippen LogP) is 3.58. The Hall–Kier alpha value is -1.98. The molecule has 0 spiro atoms. The first kappa shape index (κ1) is 14.0. The molecule has 2 heterocycles. The van der Waals surface area contributed by atoms with Crippen LogP contribution in [0.3, 0.4) is 0 Å². The molecular formula is C15H15F3N2O. The van der Waals surface area contributed by atoms with Gasteiger partial charge in [-0.2, -0.15) is 13.2 Å². The molecule has 1 aliphatic heterocycles. The topological polar surface area (TPSA) is 36.1 Å². The molecular weight excluding hydrogens is 281 g/mol. The van der Waals surface area contributed by atoms with Crippen molar-refractivity contribution in [2.24, 2.45) is 5.92 Å². The lowest BCUT2D eigenvalue weighted by molar-refractivity contribution is -0.184. The molecule has 6 heteroatoms. The summed E-state index contributed by atoms with van der Waals surface area (Å²) < 4.78 is 38.4. The number of rotatable bonds is 1. The Bertz CT molecular complexity index is 629. The van der Waals surface area contributed by atoms with E-state index in [1.807, 2.05) is 24.3 Å². The second-order valence-corrected chi connectivity index (χ2v) is 5.40. The molecule has 1 aromatic carbocycles. The average molecular weight is 296 g/mol. The molecule has 3 rings (SSSR count). The first-order valence-electron chi connectivity index (χ1n) is 6.89. The van der Waals surface area contributed by atoms with Gasteiger partial charge in [-0.1, -0.05) is 18.2 Å². The standard InChI is InChI=1S/C15H15F3N2O/c16-15(17,18)11-5-3-7-20(9-11)14(21)13-8-10-4-1-2-6-12(10)19-13/h1-2,4,6,8,11,19H,3,5,7,9H2. The third-order valence-corrected chi connectivity index (χ3v) is 3.93. The van der Waals surface area contributed by atoms with Crippen molar-refractivity contribution in [3.63, 3.8) is 0 Å². The van der Waals surface area contributed by atoms with Gasteiger partial charge in [0, 0.05) is 24.0 Å². The van der Waals surface area contributed by atoms with E-state index in [-0.39, 0.29) is 18.9 Å². The lowest BCUT2D eigenvalue weighted by Crippen LogP contribution is -2.44. The Balaban J connectivity index is 1.81. The third-order valence-electron chi connectivity index (χ3n) is 3.93. The Kier molecular flexibility index (Phi) is 3.39. The molecule has 1 atom stereocenters. The lowest BCUT2D eigenvalue weighted by Gasteiger charge is -2.33. The van der Waals surface area contributed by atoms with Gasteiger partial charge < -0.3 is 9.88 Å². The summed E-state index contributed by atoms with van der Waals surface area (Å²) in [5, 5.41) is 0.880. The van der Waals surface area contributed by atoms with Crippen molar-refractivity contribution in [2.75, 3.05) is 13.1 Å². The first-order valence-corrected chi connectivity index (χ1v) is 6.89. The van der Waals surface area contributed by atoms with Crippen LogP contribution in [0.4, 0.5) is 13.2 Å². The van der Waals surface area contributed by atoms with E-state index < -0.39 is 12.1 Å². The molecule has 1 N–H and O–H groups in total. The number of amides is 1. The lowest BCUT2D eigenvalue weighted by atomic mass is 9.97. The Morgan fingerprint density at radius 3 is 2.76 bits per heavy atom. The second kappa shape index (κ2) is 5.09. The minimum absolute atomic E-state index is 0.0972. The molecule has 1 saturated heterocycles. The zero-order chi connectivity index (χ0) is 15.0. The van der Waals surface area contributed by atoms with Crippen LogP contribution >= 0.6 is 0 Å². The van der Waals surface area contributed by atoms with Crippen molar-refractivity contribution in [1.29, 1.82) is 0 Å². The molecule has 0 bridgehead atoms. The van der Waals surface area contributed by atoms with Crippen LogP contribution in [0.15, 0.2) is 30.3 Å². The number of carbonyl (C=O) groups is 1. The number of carbonyl (C=O) groups excluding carboxylic acids is 1. The molecule has 1 aliphatic rings. The summed E-state index contributed by atoms with van der Waals surface area (Å²) in [6.07, 6.45) is -3.75. The van der Waals surface area contributed by atoms with Gasteiger partial charge in [0.15, 0.2) is 0 Å². The van der Waals surface area contributed by atoms with Gasteiger partial charge in [-0.15, -0.1) is 0 Å². The summed E-state index contributed by atoms with van der Waals surface area (Å²) >= 11 is 0. The van der Waals surface area contributed by atoms with Gasteiger partial charge in [0.25, 0.3) is 5.91 Å². The van der Waals surface area contributed by atoms with E-state index in [0.717, 1.165) is 10.9 Å². The maximum absolute atomic E-state index is 12.8. The molecule has 0 aliphatic carbocycles. The van der Waals surface area contributed by atoms with E-state index in [1.54, 1.807) is 6.07 Å². The van der Waals surface area contributed by atoms with E-state index in [4.69, 9.17) is 0 Å². The largest absolute Gasteiger partial charge is 0.393 e. The van der Waals surface area contributed by atoms with Crippen LogP contribution in [0.25, 0.3) is 10.9 Å². The van der Waals surface area contributed by atoms with E-state index in [0.29, 0.717) is 18.7 Å². The molecule has 1 aromatic heterocycles. The van der Waals surface area contributed by atoms with E-state index in [1.165, 1.54) is 4.90 Å². The molecule has 3 nitrogen and oxygen atoms in total. The number of nitrogens with zero attached hydrogens (tertiary/aromatic N) is 1. The highest BCUT2D eigenvalue weighted by Crippen LogP contribution is 2.33. The van der Waals surface area contributed by atoms with Crippen molar-refractivity contribution in [2.45, 2.75) is 19.0 Å². The number of para-hydroxylation sites is 1. The van der Waals surface area contributed by atoms with Crippen molar-refractivity contribution in [3.05, 3.63) is 36.0 Å².